The summed E-state index contributed by atoms with van der Waals surface area (Å²) in [5.41, 5.74) is 0.598. The molecule has 0 spiro atoms. The number of halogens is 1. The highest BCUT2D eigenvalue weighted by Crippen LogP contribution is 2.30. The molecule has 0 aliphatic heterocycles. The summed E-state index contributed by atoms with van der Waals surface area (Å²) in [6.45, 7) is 6.27. The predicted molar refractivity (Wildman–Crippen MR) is 70.6 cm³/mol. The first kappa shape index (κ1) is 15.4. The highest BCUT2D eigenvalue weighted by Gasteiger charge is 2.23. The molecule has 2 N–H and O–H groups in total. The molecule has 19 heavy (non-hydrogen) atoms. The number of aliphatic carboxylic acids is 1. The Morgan fingerprint density at radius 1 is 1.42 bits per heavy atom. The predicted octanol–water partition coefficient (Wildman–Crippen LogP) is 2.78. The first-order chi connectivity index (χ1) is 8.86. The zero-order valence-electron chi connectivity index (χ0n) is 11.4. The highest BCUT2D eigenvalue weighted by atomic mass is 19.1. The van der Waals surface area contributed by atoms with Gasteiger partial charge in [0.1, 0.15) is 11.6 Å². The maximum atomic E-state index is 13.0. The number of hydrogen-bond donors (Lipinski definition) is 2. The maximum Gasteiger partial charge on any atom is 0.304 e. The summed E-state index contributed by atoms with van der Waals surface area (Å²) in [6, 6.07) is 3.55. The number of phenolic OH excluding ortho intramolecular Hbond substituents is 1. The van der Waals surface area contributed by atoms with Crippen LogP contribution in [0.15, 0.2) is 18.2 Å². The van der Waals surface area contributed by atoms with Gasteiger partial charge >= 0.3 is 5.97 Å². The van der Waals surface area contributed by atoms with Gasteiger partial charge in [0.05, 0.1) is 6.42 Å². The number of phenols is 1. The zero-order valence-corrected chi connectivity index (χ0v) is 11.4. The van der Waals surface area contributed by atoms with E-state index in [-0.39, 0.29) is 24.3 Å². The third-order valence-corrected chi connectivity index (χ3v) is 3.34. The Morgan fingerprint density at radius 3 is 2.53 bits per heavy atom. The van der Waals surface area contributed by atoms with E-state index in [2.05, 4.69) is 0 Å². The molecule has 1 rings (SSSR count). The molecule has 0 aromatic heterocycles. The van der Waals surface area contributed by atoms with Crippen LogP contribution >= 0.6 is 0 Å². The van der Waals surface area contributed by atoms with Crippen LogP contribution in [-0.2, 0) is 4.79 Å². The van der Waals surface area contributed by atoms with Crippen LogP contribution in [0.3, 0.4) is 0 Å². The number of rotatable bonds is 6. The fourth-order valence-corrected chi connectivity index (χ4v) is 2.39. The summed E-state index contributed by atoms with van der Waals surface area (Å²) < 4.78 is 13.0. The number of carbonyl (C=O) groups is 1. The molecule has 106 valence electrons. The average molecular weight is 269 g/mol. The van der Waals surface area contributed by atoms with Crippen molar-refractivity contribution < 1.29 is 19.4 Å². The van der Waals surface area contributed by atoms with Crippen LogP contribution in [-0.4, -0.2) is 33.7 Å². The maximum absolute atomic E-state index is 13.0. The number of benzene rings is 1. The van der Waals surface area contributed by atoms with E-state index in [1.54, 1.807) is 0 Å². The molecule has 1 aromatic rings. The Labute approximate surface area is 112 Å². The molecule has 1 aromatic carbocycles. The van der Waals surface area contributed by atoms with Crippen molar-refractivity contribution in [1.29, 1.82) is 0 Å². The largest absolute Gasteiger partial charge is 0.508 e. The molecule has 0 aliphatic carbocycles. The van der Waals surface area contributed by atoms with Crippen LogP contribution in [0.2, 0.25) is 0 Å². The lowest BCUT2D eigenvalue weighted by molar-refractivity contribution is -0.138. The molecule has 0 fully saturated rings. The number of hydrogen-bond acceptors (Lipinski definition) is 3. The summed E-state index contributed by atoms with van der Waals surface area (Å²) in [7, 11) is 0. The van der Waals surface area contributed by atoms with Gasteiger partial charge in [-0.3, -0.25) is 9.69 Å². The normalized spacial score (nSPS) is 14.4. The van der Waals surface area contributed by atoms with E-state index in [1.807, 2.05) is 25.7 Å². The smallest absolute Gasteiger partial charge is 0.304 e. The summed E-state index contributed by atoms with van der Waals surface area (Å²) in [6.07, 6.45) is 0.0279. The van der Waals surface area contributed by atoms with Crippen molar-refractivity contribution in [2.75, 3.05) is 6.54 Å². The quantitative estimate of drug-likeness (QED) is 0.833. The Hall–Kier alpha value is -1.62. The molecular formula is C14H20FNO3. The Balaban J connectivity index is 2.94. The molecule has 0 saturated carbocycles. The van der Waals surface area contributed by atoms with Gasteiger partial charge in [0.15, 0.2) is 0 Å². The van der Waals surface area contributed by atoms with Crippen LogP contribution in [0.4, 0.5) is 4.39 Å². The Morgan fingerprint density at radius 2 is 2.05 bits per heavy atom. The van der Waals surface area contributed by atoms with Gasteiger partial charge in [0.25, 0.3) is 0 Å². The first-order valence-corrected chi connectivity index (χ1v) is 6.32. The Kier molecular flexibility index (Phi) is 5.30. The van der Waals surface area contributed by atoms with Crippen molar-refractivity contribution in [1.82, 2.24) is 4.90 Å². The lowest BCUT2D eigenvalue weighted by atomic mass is 10.0. The van der Waals surface area contributed by atoms with Gasteiger partial charge < -0.3 is 10.2 Å². The number of carboxylic acid groups (broad SMARTS) is 1. The molecule has 4 nitrogen and oxygen atoms in total. The van der Waals surface area contributed by atoms with Gasteiger partial charge in [-0.05, 0) is 26.5 Å². The third-order valence-electron chi connectivity index (χ3n) is 3.34. The zero-order chi connectivity index (χ0) is 14.6. The lowest BCUT2D eigenvalue weighted by Gasteiger charge is -2.33. The van der Waals surface area contributed by atoms with Crippen LogP contribution in [0.1, 0.15) is 38.8 Å². The monoisotopic (exact) mass is 269 g/mol. The standard InChI is InChI=1S/C14H20FNO3/c1-4-16(9(2)7-14(18)19)10(3)12-6-5-11(15)8-13(12)17/h5-6,8-10,17H,4,7H2,1-3H3,(H,18,19). The summed E-state index contributed by atoms with van der Waals surface area (Å²) in [5.74, 6) is -1.45. The van der Waals surface area contributed by atoms with Crippen molar-refractivity contribution in [3.8, 4) is 5.75 Å². The molecule has 2 atom stereocenters. The lowest BCUT2D eigenvalue weighted by Crippen LogP contribution is -2.36. The molecule has 0 saturated heterocycles. The van der Waals surface area contributed by atoms with Crippen LogP contribution in [0, 0.1) is 5.82 Å². The second-order valence-electron chi connectivity index (χ2n) is 4.66. The van der Waals surface area contributed by atoms with Crippen molar-refractivity contribution in [2.45, 2.75) is 39.3 Å². The van der Waals surface area contributed by atoms with E-state index in [0.29, 0.717) is 12.1 Å². The van der Waals surface area contributed by atoms with E-state index >= 15 is 0 Å². The number of aromatic hydroxyl groups is 1. The minimum absolute atomic E-state index is 0.0279. The molecule has 0 heterocycles. The summed E-state index contributed by atoms with van der Waals surface area (Å²) in [4.78, 5) is 12.7. The van der Waals surface area contributed by atoms with E-state index < -0.39 is 11.8 Å². The van der Waals surface area contributed by atoms with E-state index in [1.165, 1.54) is 12.1 Å². The SMILES string of the molecule is CCN(C(C)CC(=O)O)C(C)c1ccc(F)cc1O. The summed E-state index contributed by atoms with van der Waals surface area (Å²) in [5, 5.41) is 18.6. The van der Waals surface area contributed by atoms with E-state index in [4.69, 9.17) is 5.11 Å². The highest BCUT2D eigenvalue weighted by molar-refractivity contribution is 5.67. The van der Waals surface area contributed by atoms with Gasteiger partial charge in [-0.1, -0.05) is 13.0 Å². The number of carboxylic acids is 1. The molecule has 0 bridgehead atoms. The van der Waals surface area contributed by atoms with Crippen molar-refractivity contribution in [3.63, 3.8) is 0 Å². The third kappa shape index (κ3) is 3.92. The van der Waals surface area contributed by atoms with E-state index in [0.717, 1.165) is 6.07 Å². The van der Waals surface area contributed by atoms with Gasteiger partial charge in [-0.2, -0.15) is 0 Å². The average Bonchev–Trinajstić information content (AvgIpc) is 2.28. The van der Waals surface area contributed by atoms with Gasteiger partial charge in [0.2, 0.25) is 0 Å². The Bertz CT molecular complexity index is 450. The van der Waals surface area contributed by atoms with Crippen molar-refractivity contribution in [2.24, 2.45) is 0 Å². The minimum Gasteiger partial charge on any atom is -0.508 e. The minimum atomic E-state index is -0.860. The number of nitrogens with zero attached hydrogens (tertiary/aromatic N) is 1. The fraction of sp³-hybridized carbons (Fsp3) is 0.500. The van der Waals surface area contributed by atoms with Crippen LogP contribution in [0.5, 0.6) is 5.75 Å². The summed E-state index contributed by atoms with van der Waals surface area (Å²) >= 11 is 0. The van der Waals surface area contributed by atoms with Crippen LogP contribution in [0.25, 0.3) is 0 Å². The molecule has 0 aliphatic rings. The van der Waals surface area contributed by atoms with Gasteiger partial charge in [-0.15, -0.1) is 0 Å². The molecule has 2 unspecified atom stereocenters. The van der Waals surface area contributed by atoms with Gasteiger partial charge in [-0.25, -0.2) is 4.39 Å². The van der Waals surface area contributed by atoms with Crippen LogP contribution < -0.4 is 0 Å². The molecule has 0 radical (unpaired) electrons. The van der Waals surface area contributed by atoms with Crippen molar-refractivity contribution >= 4 is 5.97 Å². The van der Waals surface area contributed by atoms with E-state index in [9.17, 15) is 14.3 Å². The second kappa shape index (κ2) is 6.52. The van der Waals surface area contributed by atoms with Crippen molar-refractivity contribution in [3.05, 3.63) is 29.6 Å². The first-order valence-electron chi connectivity index (χ1n) is 6.32. The molecular weight excluding hydrogens is 249 g/mol. The second-order valence-corrected chi connectivity index (χ2v) is 4.66. The fourth-order valence-electron chi connectivity index (χ4n) is 2.39. The molecule has 0 amide bonds. The van der Waals surface area contributed by atoms with Gasteiger partial charge in [0, 0.05) is 23.7 Å². The topological polar surface area (TPSA) is 60.8 Å². The molecule has 5 heteroatoms.